The zero-order valence-corrected chi connectivity index (χ0v) is 8.48. The summed E-state index contributed by atoms with van der Waals surface area (Å²) in [5.41, 5.74) is 10.9. The van der Waals surface area contributed by atoms with Crippen molar-refractivity contribution in [3.63, 3.8) is 0 Å². The Morgan fingerprint density at radius 3 is 1.64 bits per heavy atom. The van der Waals surface area contributed by atoms with Crippen LogP contribution in [-0.2, 0) is 0 Å². The SMILES string of the molecule is CC(C)(N)CCCN.CCC. The molecule has 0 spiro atoms. The van der Waals surface area contributed by atoms with Crippen LogP contribution in [0.2, 0.25) is 0 Å². The molecule has 0 aliphatic heterocycles. The molecule has 0 saturated carbocycles. The maximum absolute atomic E-state index is 5.67. The number of nitrogens with two attached hydrogens (primary N) is 2. The smallest absolute Gasteiger partial charge is 0.00975 e. The Labute approximate surface area is 71.3 Å². The van der Waals surface area contributed by atoms with Crippen molar-refractivity contribution in [2.75, 3.05) is 6.54 Å². The molecule has 0 amide bonds. The predicted molar refractivity (Wildman–Crippen MR) is 52.5 cm³/mol. The lowest BCUT2D eigenvalue weighted by atomic mass is 10.0. The molecule has 0 aliphatic rings. The van der Waals surface area contributed by atoms with Gasteiger partial charge in [0.2, 0.25) is 0 Å². The molecule has 0 aliphatic carbocycles. The van der Waals surface area contributed by atoms with Crippen LogP contribution in [0.4, 0.5) is 0 Å². The molecular weight excluding hydrogens is 136 g/mol. The van der Waals surface area contributed by atoms with Gasteiger partial charge in [0.15, 0.2) is 0 Å². The van der Waals surface area contributed by atoms with Gasteiger partial charge in [-0.2, -0.15) is 0 Å². The normalized spacial score (nSPS) is 10.4. The Morgan fingerprint density at radius 2 is 1.55 bits per heavy atom. The minimum absolute atomic E-state index is 0.0284. The third kappa shape index (κ3) is 25.7. The summed E-state index contributed by atoms with van der Waals surface area (Å²) in [7, 11) is 0. The minimum atomic E-state index is -0.0284. The standard InChI is InChI=1S/C6H16N2.C3H8/c1-6(2,8)4-3-5-7;1-3-2/h3-5,7-8H2,1-2H3;3H2,1-2H3. The molecule has 70 valence electrons. The fourth-order valence-electron chi connectivity index (χ4n) is 0.558. The van der Waals surface area contributed by atoms with Crippen LogP contribution in [-0.4, -0.2) is 12.1 Å². The molecule has 0 aromatic carbocycles. The highest BCUT2D eigenvalue weighted by molar-refractivity contribution is 4.70. The molecule has 0 heterocycles. The third-order valence-electron chi connectivity index (χ3n) is 1.03. The minimum Gasteiger partial charge on any atom is -0.330 e. The van der Waals surface area contributed by atoms with E-state index in [1.54, 1.807) is 0 Å². The van der Waals surface area contributed by atoms with Gasteiger partial charge in [0.05, 0.1) is 0 Å². The first-order chi connectivity index (χ1) is 4.97. The van der Waals surface area contributed by atoms with Gasteiger partial charge in [0.1, 0.15) is 0 Å². The second-order valence-corrected chi connectivity index (χ2v) is 3.59. The zero-order chi connectivity index (χ0) is 9.33. The van der Waals surface area contributed by atoms with Crippen molar-refractivity contribution < 1.29 is 0 Å². The highest BCUT2D eigenvalue weighted by Crippen LogP contribution is 2.04. The third-order valence-corrected chi connectivity index (χ3v) is 1.03. The van der Waals surface area contributed by atoms with Crippen molar-refractivity contribution in [1.82, 2.24) is 0 Å². The molecule has 0 bridgehead atoms. The van der Waals surface area contributed by atoms with Crippen LogP contribution < -0.4 is 11.5 Å². The van der Waals surface area contributed by atoms with E-state index in [4.69, 9.17) is 11.5 Å². The molecule has 0 rings (SSSR count). The summed E-state index contributed by atoms with van der Waals surface area (Å²) in [5.74, 6) is 0. The summed E-state index contributed by atoms with van der Waals surface area (Å²) in [5, 5.41) is 0. The van der Waals surface area contributed by atoms with E-state index in [2.05, 4.69) is 13.8 Å². The van der Waals surface area contributed by atoms with E-state index in [9.17, 15) is 0 Å². The summed E-state index contributed by atoms with van der Waals surface area (Å²) in [6.07, 6.45) is 3.30. The summed E-state index contributed by atoms with van der Waals surface area (Å²) in [6.45, 7) is 9.03. The molecule has 11 heavy (non-hydrogen) atoms. The maximum Gasteiger partial charge on any atom is 0.00975 e. The van der Waals surface area contributed by atoms with Crippen molar-refractivity contribution in [3.05, 3.63) is 0 Å². The Hall–Kier alpha value is -0.0800. The highest BCUT2D eigenvalue weighted by Gasteiger charge is 2.07. The molecule has 0 atom stereocenters. The van der Waals surface area contributed by atoms with Crippen molar-refractivity contribution in [3.8, 4) is 0 Å². The van der Waals surface area contributed by atoms with Crippen molar-refractivity contribution in [2.24, 2.45) is 11.5 Å². The van der Waals surface area contributed by atoms with E-state index in [0.29, 0.717) is 0 Å². The van der Waals surface area contributed by atoms with Gasteiger partial charge in [-0.25, -0.2) is 0 Å². The van der Waals surface area contributed by atoms with Crippen molar-refractivity contribution in [1.29, 1.82) is 0 Å². The Balaban J connectivity index is 0. The number of hydrogen-bond acceptors (Lipinski definition) is 2. The number of hydrogen-bond donors (Lipinski definition) is 2. The molecule has 4 N–H and O–H groups in total. The lowest BCUT2D eigenvalue weighted by Crippen LogP contribution is -2.32. The molecule has 0 unspecified atom stereocenters. The number of rotatable bonds is 3. The quantitative estimate of drug-likeness (QED) is 0.662. The van der Waals surface area contributed by atoms with Gasteiger partial charge in [0.25, 0.3) is 0 Å². The molecule has 0 aromatic rings. The molecule has 0 radical (unpaired) electrons. The van der Waals surface area contributed by atoms with E-state index >= 15 is 0 Å². The average Bonchev–Trinajstić information content (AvgIpc) is 1.84. The predicted octanol–water partition coefficient (Wildman–Crippen LogP) is 1.88. The molecular formula is C9H24N2. The fraction of sp³-hybridized carbons (Fsp3) is 1.00. The van der Waals surface area contributed by atoms with E-state index in [-0.39, 0.29) is 5.54 Å². The van der Waals surface area contributed by atoms with E-state index in [1.165, 1.54) is 6.42 Å². The lowest BCUT2D eigenvalue weighted by molar-refractivity contribution is 0.462. The first kappa shape index (κ1) is 13.5. The summed E-state index contributed by atoms with van der Waals surface area (Å²) < 4.78 is 0. The monoisotopic (exact) mass is 160 g/mol. The Morgan fingerprint density at radius 1 is 1.18 bits per heavy atom. The van der Waals surface area contributed by atoms with Gasteiger partial charge < -0.3 is 11.5 Å². The van der Waals surface area contributed by atoms with Gasteiger partial charge in [-0.3, -0.25) is 0 Å². The first-order valence-electron chi connectivity index (χ1n) is 4.46. The van der Waals surface area contributed by atoms with Gasteiger partial charge in [-0.15, -0.1) is 0 Å². The van der Waals surface area contributed by atoms with Crippen LogP contribution in [0.25, 0.3) is 0 Å². The zero-order valence-electron chi connectivity index (χ0n) is 8.48. The van der Waals surface area contributed by atoms with Crippen molar-refractivity contribution in [2.45, 2.75) is 52.5 Å². The molecule has 0 fully saturated rings. The van der Waals surface area contributed by atoms with Gasteiger partial charge in [-0.1, -0.05) is 20.3 Å². The van der Waals surface area contributed by atoms with Crippen LogP contribution in [0.5, 0.6) is 0 Å². The van der Waals surface area contributed by atoms with E-state index in [1.807, 2.05) is 13.8 Å². The molecule has 2 nitrogen and oxygen atoms in total. The summed E-state index contributed by atoms with van der Waals surface area (Å²) in [6, 6.07) is 0. The average molecular weight is 160 g/mol. The van der Waals surface area contributed by atoms with E-state index in [0.717, 1.165) is 19.4 Å². The highest BCUT2D eigenvalue weighted by atomic mass is 14.7. The Kier molecular flexibility index (Phi) is 9.85. The van der Waals surface area contributed by atoms with Gasteiger partial charge in [0, 0.05) is 5.54 Å². The summed E-state index contributed by atoms with van der Waals surface area (Å²) in [4.78, 5) is 0. The molecule has 2 heteroatoms. The molecule has 0 saturated heterocycles. The first-order valence-corrected chi connectivity index (χ1v) is 4.46. The second kappa shape index (κ2) is 8.02. The fourth-order valence-corrected chi connectivity index (χ4v) is 0.558. The Bertz CT molecular complexity index is 64.5. The van der Waals surface area contributed by atoms with Crippen molar-refractivity contribution >= 4 is 0 Å². The largest absolute Gasteiger partial charge is 0.330 e. The van der Waals surface area contributed by atoms with Crippen LogP contribution in [0.1, 0.15) is 47.0 Å². The maximum atomic E-state index is 5.67. The van der Waals surface area contributed by atoms with Crippen LogP contribution >= 0.6 is 0 Å². The second-order valence-electron chi connectivity index (χ2n) is 3.59. The van der Waals surface area contributed by atoms with Gasteiger partial charge >= 0.3 is 0 Å². The van der Waals surface area contributed by atoms with Gasteiger partial charge in [-0.05, 0) is 33.2 Å². The lowest BCUT2D eigenvalue weighted by Gasteiger charge is -2.16. The van der Waals surface area contributed by atoms with E-state index < -0.39 is 0 Å². The van der Waals surface area contributed by atoms with Crippen LogP contribution in [0, 0.1) is 0 Å². The molecule has 0 aromatic heterocycles. The van der Waals surface area contributed by atoms with Crippen LogP contribution in [0.15, 0.2) is 0 Å². The topological polar surface area (TPSA) is 52.0 Å². The van der Waals surface area contributed by atoms with Crippen LogP contribution in [0.3, 0.4) is 0 Å². The summed E-state index contributed by atoms with van der Waals surface area (Å²) >= 11 is 0.